The molecule has 0 spiro atoms. The maximum atomic E-state index is 11.0. The number of ether oxygens (including phenoxy) is 1. The zero-order valence-electron chi connectivity index (χ0n) is 21.5. The second-order valence-electron chi connectivity index (χ2n) is 8.87. The maximum absolute atomic E-state index is 11.0. The molecule has 0 aliphatic carbocycles. The Hall–Kier alpha value is -3.77. The number of nitrogens with zero attached hydrogens (tertiary/aromatic N) is 3. The van der Waals surface area contributed by atoms with E-state index in [1.807, 2.05) is 49.5 Å². The van der Waals surface area contributed by atoms with Gasteiger partial charge in [-0.15, -0.1) is 0 Å². The van der Waals surface area contributed by atoms with Gasteiger partial charge >= 0.3 is 0 Å². The summed E-state index contributed by atoms with van der Waals surface area (Å²) in [7, 11) is 3.61. The summed E-state index contributed by atoms with van der Waals surface area (Å²) >= 11 is 0. The number of rotatable bonds is 9. The van der Waals surface area contributed by atoms with Crippen molar-refractivity contribution in [1.29, 1.82) is 5.26 Å². The standard InChI is InChI=1S/C21H17N3O2.C8H18N2O/c1-14(11-22)12-23-21-18-10-16(19-5-3-4-17(13-25)24-19)7-6-15(18)8-9-20(21)26-2;1-9-8-3-2-4-10(7-8)5-6-11/h3-10,13,23H,1,12H2,2H3;8-9,11H,2-7H2,1H3. The van der Waals surface area contributed by atoms with Crippen LogP contribution in [0, 0.1) is 11.3 Å². The molecule has 1 aliphatic rings. The van der Waals surface area contributed by atoms with E-state index in [0.717, 1.165) is 47.9 Å². The van der Waals surface area contributed by atoms with Gasteiger partial charge < -0.3 is 20.5 Å². The molecule has 2 heterocycles. The summed E-state index contributed by atoms with van der Waals surface area (Å²) < 4.78 is 5.46. The number of carbonyl (C=O) groups is 1. The largest absolute Gasteiger partial charge is 0.495 e. The van der Waals surface area contributed by atoms with E-state index in [-0.39, 0.29) is 6.61 Å². The lowest BCUT2D eigenvalue weighted by Gasteiger charge is -2.31. The van der Waals surface area contributed by atoms with Gasteiger partial charge in [-0.05, 0) is 56.1 Å². The molecule has 2 aromatic carbocycles. The molecule has 1 saturated heterocycles. The molecule has 8 nitrogen and oxygen atoms in total. The molecule has 194 valence electrons. The van der Waals surface area contributed by atoms with Crippen LogP contribution in [0.1, 0.15) is 23.3 Å². The van der Waals surface area contributed by atoms with E-state index < -0.39 is 0 Å². The van der Waals surface area contributed by atoms with Crippen LogP contribution in [-0.4, -0.2) is 74.3 Å². The number of nitriles is 1. The van der Waals surface area contributed by atoms with Gasteiger partial charge in [0, 0.05) is 42.2 Å². The first-order valence-electron chi connectivity index (χ1n) is 12.4. The van der Waals surface area contributed by atoms with E-state index in [0.29, 0.717) is 35.3 Å². The van der Waals surface area contributed by atoms with Crippen LogP contribution in [0.3, 0.4) is 0 Å². The number of nitrogens with one attached hydrogen (secondary N) is 2. The summed E-state index contributed by atoms with van der Waals surface area (Å²) in [4.78, 5) is 17.7. The number of β-amino-alcohol motifs (C(OH)–C–C–N with tert-alkyl or cyclic N) is 1. The van der Waals surface area contributed by atoms with Crippen molar-refractivity contribution in [2.45, 2.75) is 18.9 Å². The zero-order valence-corrected chi connectivity index (χ0v) is 21.5. The molecular formula is C29H35N5O3. The third-order valence-corrected chi connectivity index (χ3v) is 6.36. The van der Waals surface area contributed by atoms with Crippen molar-refractivity contribution < 1.29 is 14.6 Å². The number of aliphatic hydroxyl groups excluding tert-OH is 1. The Kier molecular flexibility index (Phi) is 10.6. The lowest BCUT2D eigenvalue weighted by molar-refractivity contribution is 0.111. The highest BCUT2D eigenvalue weighted by Crippen LogP contribution is 2.35. The first-order valence-corrected chi connectivity index (χ1v) is 12.4. The van der Waals surface area contributed by atoms with E-state index in [4.69, 9.17) is 15.1 Å². The molecule has 1 unspecified atom stereocenters. The van der Waals surface area contributed by atoms with Crippen LogP contribution in [0.5, 0.6) is 5.75 Å². The van der Waals surface area contributed by atoms with E-state index in [9.17, 15) is 4.79 Å². The van der Waals surface area contributed by atoms with Crippen molar-refractivity contribution in [3.63, 3.8) is 0 Å². The van der Waals surface area contributed by atoms with Crippen molar-refractivity contribution in [2.24, 2.45) is 0 Å². The van der Waals surface area contributed by atoms with Gasteiger partial charge in [0.25, 0.3) is 0 Å². The maximum Gasteiger partial charge on any atom is 0.168 e. The van der Waals surface area contributed by atoms with Crippen molar-refractivity contribution in [1.82, 2.24) is 15.2 Å². The second kappa shape index (κ2) is 14.1. The Bertz CT molecular complexity index is 1250. The Morgan fingerprint density at radius 3 is 2.84 bits per heavy atom. The molecule has 37 heavy (non-hydrogen) atoms. The number of likely N-dealkylation sites (N-methyl/N-ethyl adjacent to an activating group) is 1. The number of piperidine rings is 1. The summed E-state index contributed by atoms with van der Waals surface area (Å²) in [5.41, 5.74) is 3.20. The number of fused-ring (bicyclic) bond motifs is 1. The number of benzene rings is 2. The van der Waals surface area contributed by atoms with E-state index in [1.165, 1.54) is 12.8 Å². The fourth-order valence-corrected chi connectivity index (χ4v) is 4.36. The highest BCUT2D eigenvalue weighted by molar-refractivity contribution is 5.99. The molecule has 0 bridgehead atoms. The molecule has 3 N–H and O–H groups in total. The third-order valence-electron chi connectivity index (χ3n) is 6.36. The molecule has 0 amide bonds. The molecule has 4 rings (SSSR count). The molecule has 1 fully saturated rings. The van der Waals surface area contributed by atoms with E-state index in [1.54, 1.807) is 19.2 Å². The first kappa shape index (κ1) is 27.8. The Balaban J connectivity index is 0.000000289. The van der Waals surface area contributed by atoms with Crippen LogP contribution >= 0.6 is 0 Å². The number of likely N-dealkylation sites (tertiary alicyclic amines) is 1. The normalized spacial score (nSPS) is 15.2. The molecule has 0 saturated carbocycles. The van der Waals surface area contributed by atoms with Gasteiger partial charge in [-0.2, -0.15) is 5.26 Å². The first-order chi connectivity index (χ1) is 18.0. The number of aldehydes is 1. The number of carbonyl (C=O) groups excluding carboxylic acids is 1. The van der Waals surface area contributed by atoms with Crippen LogP contribution in [0.15, 0.2) is 60.7 Å². The van der Waals surface area contributed by atoms with E-state index >= 15 is 0 Å². The summed E-state index contributed by atoms with van der Waals surface area (Å²) in [5, 5.41) is 26.1. The van der Waals surface area contributed by atoms with Crippen molar-refractivity contribution >= 4 is 22.7 Å². The van der Waals surface area contributed by atoms with Gasteiger partial charge in [0.15, 0.2) is 6.29 Å². The topological polar surface area (TPSA) is 111 Å². The number of hydrogen-bond donors (Lipinski definition) is 3. The van der Waals surface area contributed by atoms with Crippen LogP contribution in [-0.2, 0) is 0 Å². The lowest BCUT2D eigenvalue weighted by atomic mass is 10.0. The number of anilines is 1. The van der Waals surface area contributed by atoms with Gasteiger partial charge in [-0.1, -0.05) is 30.8 Å². The average molecular weight is 502 g/mol. The third kappa shape index (κ3) is 7.61. The number of pyridine rings is 1. The van der Waals surface area contributed by atoms with Gasteiger partial charge in [0.2, 0.25) is 0 Å². The van der Waals surface area contributed by atoms with Crippen molar-refractivity contribution in [2.75, 3.05) is 52.3 Å². The quantitative estimate of drug-likeness (QED) is 0.299. The summed E-state index contributed by atoms with van der Waals surface area (Å²) in [6.07, 6.45) is 3.26. The highest BCUT2D eigenvalue weighted by Gasteiger charge is 2.17. The zero-order chi connectivity index (χ0) is 26.6. The molecular weight excluding hydrogens is 466 g/mol. The predicted molar refractivity (Wildman–Crippen MR) is 148 cm³/mol. The molecule has 3 aromatic rings. The van der Waals surface area contributed by atoms with Gasteiger partial charge in [-0.25, -0.2) is 4.98 Å². The number of methoxy groups -OCH3 is 1. The van der Waals surface area contributed by atoms with Crippen molar-refractivity contribution in [3.05, 3.63) is 66.4 Å². The molecule has 1 aliphatic heterocycles. The Morgan fingerprint density at radius 1 is 1.32 bits per heavy atom. The van der Waals surface area contributed by atoms with Crippen LogP contribution in [0.25, 0.3) is 22.0 Å². The van der Waals surface area contributed by atoms with Gasteiger partial charge in [0.1, 0.15) is 11.4 Å². The fraction of sp³-hybridized carbons (Fsp3) is 0.345. The highest BCUT2D eigenvalue weighted by atomic mass is 16.5. The van der Waals surface area contributed by atoms with Crippen LogP contribution in [0.2, 0.25) is 0 Å². The predicted octanol–water partition coefficient (Wildman–Crippen LogP) is 3.88. The van der Waals surface area contributed by atoms with Gasteiger partial charge in [-0.3, -0.25) is 9.69 Å². The minimum Gasteiger partial charge on any atom is -0.495 e. The molecule has 1 aromatic heterocycles. The minimum absolute atomic E-state index is 0.288. The number of aliphatic hydroxyl groups is 1. The molecule has 0 radical (unpaired) electrons. The number of aromatic nitrogens is 1. The van der Waals surface area contributed by atoms with Crippen LogP contribution < -0.4 is 15.4 Å². The smallest absolute Gasteiger partial charge is 0.168 e. The second-order valence-corrected chi connectivity index (χ2v) is 8.87. The van der Waals surface area contributed by atoms with Crippen molar-refractivity contribution in [3.8, 4) is 23.1 Å². The molecule has 8 heteroatoms. The Morgan fingerprint density at radius 2 is 2.14 bits per heavy atom. The monoisotopic (exact) mass is 501 g/mol. The molecule has 1 atom stereocenters. The summed E-state index contributed by atoms with van der Waals surface area (Å²) in [6.45, 7) is 7.39. The van der Waals surface area contributed by atoms with Gasteiger partial charge in [0.05, 0.1) is 31.2 Å². The summed E-state index contributed by atoms with van der Waals surface area (Å²) in [6, 6.07) is 17.8. The average Bonchev–Trinajstić information content (AvgIpc) is 2.95. The summed E-state index contributed by atoms with van der Waals surface area (Å²) in [5.74, 6) is 0.676. The lowest BCUT2D eigenvalue weighted by Crippen LogP contribution is -2.45. The number of hydrogen-bond acceptors (Lipinski definition) is 8. The Labute approximate surface area is 218 Å². The van der Waals surface area contributed by atoms with E-state index in [2.05, 4.69) is 27.1 Å². The SMILES string of the molecule is C=C(C#N)CNc1c(OC)ccc2ccc(-c3cccc(C=O)n3)cc12.CNC1CCCN(CCO)C1. The van der Waals surface area contributed by atoms with Crippen LogP contribution in [0.4, 0.5) is 5.69 Å². The fourth-order valence-electron chi connectivity index (χ4n) is 4.36. The minimum atomic E-state index is 0.288.